The lowest BCUT2D eigenvalue weighted by molar-refractivity contribution is 0.101. The van der Waals surface area contributed by atoms with E-state index in [1.165, 1.54) is 0 Å². The van der Waals surface area contributed by atoms with Gasteiger partial charge in [-0.1, -0.05) is 6.07 Å². The van der Waals surface area contributed by atoms with Gasteiger partial charge in [-0.3, -0.25) is 9.89 Å². The molecule has 2 heterocycles. The van der Waals surface area contributed by atoms with Crippen LogP contribution in [-0.4, -0.2) is 20.7 Å². The van der Waals surface area contributed by atoms with E-state index in [1.54, 1.807) is 16.8 Å². The maximum Gasteiger partial charge on any atom is 0.272 e. The van der Waals surface area contributed by atoms with Crippen LogP contribution in [0.5, 0.6) is 0 Å². The molecule has 2 aromatic heterocycles. The predicted octanol–water partition coefficient (Wildman–Crippen LogP) is 2.92. The highest BCUT2D eigenvalue weighted by Crippen LogP contribution is 2.22. The largest absolute Gasteiger partial charge is 0.345 e. The highest BCUT2D eigenvalue weighted by atomic mass is 79.9. The van der Waals surface area contributed by atoms with Crippen molar-refractivity contribution in [2.24, 2.45) is 7.05 Å². The molecule has 0 aliphatic heterocycles. The molecule has 0 bridgehead atoms. The Hall–Kier alpha value is -2.08. The van der Waals surface area contributed by atoms with Gasteiger partial charge in [0.25, 0.3) is 5.91 Å². The molecule has 0 aliphatic rings. The fourth-order valence-electron chi connectivity index (χ4n) is 2.01. The van der Waals surface area contributed by atoms with Gasteiger partial charge in [-0.15, -0.1) is 0 Å². The van der Waals surface area contributed by atoms with E-state index < -0.39 is 0 Å². The van der Waals surface area contributed by atoms with E-state index in [0.717, 1.165) is 21.1 Å². The summed E-state index contributed by atoms with van der Waals surface area (Å²) in [5.41, 5.74) is 2.23. The Morgan fingerprint density at radius 1 is 1.47 bits per heavy atom. The topological polar surface area (TPSA) is 62.7 Å². The Balaban J connectivity index is 1.95. The molecule has 0 radical (unpaired) electrons. The number of H-pyrrole nitrogens is 1. The van der Waals surface area contributed by atoms with Crippen LogP contribution in [0.4, 0.5) is 5.69 Å². The minimum absolute atomic E-state index is 0.151. The van der Waals surface area contributed by atoms with Crippen molar-refractivity contribution in [3.05, 3.63) is 46.8 Å². The summed E-state index contributed by atoms with van der Waals surface area (Å²) in [7, 11) is 1.83. The van der Waals surface area contributed by atoms with Gasteiger partial charge in [-0.05, 0) is 34.1 Å². The van der Waals surface area contributed by atoms with E-state index in [0.29, 0.717) is 5.69 Å². The minimum atomic E-state index is -0.151. The van der Waals surface area contributed by atoms with E-state index in [2.05, 4.69) is 31.4 Å². The number of hydrogen-bond donors (Lipinski definition) is 2. The minimum Gasteiger partial charge on any atom is -0.345 e. The van der Waals surface area contributed by atoms with Gasteiger partial charge in [0.05, 0.1) is 17.4 Å². The van der Waals surface area contributed by atoms with Gasteiger partial charge in [0.1, 0.15) is 5.69 Å². The maximum absolute atomic E-state index is 12.2. The summed E-state index contributed by atoms with van der Waals surface area (Å²) in [6.45, 7) is 0. The van der Waals surface area contributed by atoms with Crippen LogP contribution in [0.15, 0.2) is 41.1 Å². The van der Waals surface area contributed by atoms with Crippen LogP contribution >= 0.6 is 15.9 Å². The normalized spacial score (nSPS) is 10.8. The number of fused-ring (bicyclic) bond motifs is 1. The quantitative estimate of drug-likeness (QED) is 0.763. The third-order valence-electron chi connectivity index (χ3n) is 2.94. The summed E-state index contributed by atoms with van der Waals surface area (Å²) in [4.78, 5) is 12.2. The summed E-state index contributed by atoms with van der Waals surface area (Å²) >= 11 is 3.35. The summed E-state index contributed by atoms with van der Waals surface area (Å²) in [5.74, 6) is -0.151. The molecule has 19 heavy (non-hydrogen) atoms. The van der Waals surface area contributed by atoms with Crippen molar-refractivity contribution in [1.29, 1.82) is 0 Å². The molecule has 5 nitrogen and oxygen atoms in total. The summed E-state index contributed by atoms with van der Waals surface area (Å²) in [5, 5.41) is 10.6. The van der Waals surface area contributed by atoms with E-state index in [9.17, 15) is 4.79 Å². The van der Waals surface area contributed by atoms with Crippen LogP contribution in [0.2, 0.25) is 0 Å². The average Bonchev–Trinajstić information content (AvgIpc) is 2.96. The number of rotatable bonds is 2. The number of benzene rings is 1. The van der Waals surface area contributed by atoms with Crippen LogP contribution in [0.3, 0.4) is 0 Å². The summed E-state index contributed by atoms with van der Waals surface area (Å²) < 4.78 is 2.65. The van der Waals surface area contributed by atoms with Gasteiger partial charge in [0.15, 0.2) is 0 Å². The zero-order chi connectivity index (χ0) is 13.4. The summed E-state index contributed by atoms with van der Waals surface area (Å²) in [6.07, 6.45) is 3.54. The zero-order valence-corrected chi connectivity index (χ0v) is 11.7. The Bertz CT molecular complexity index is 759. The molecule has 6 heteroatoms. The number of hydrogen-bond acceptors (Lipinski definition) is 2. The molecule has 1 aromatic carbocycles. The molecule has 96 valence electrons. The van der Waals surface area contributed by atoms with Crippen molar-refractivity contribution >= 4 is 38.4 Å². The van der Waals surface area contributed by atoms with E-state index in [-0.39, 0.29) is 5.91 Å². The van der Waals surface area contributed by atoms with Gasteiger partial charge < -0.3 is 9.88 Å². The second-order valence-corrected chi connectivity index (χ2v) is 5.16. The highest BCUT2D eigenvalue weighted by molar-refractivity contribution is 9.10. The van der Waals surface area contributed by atoms with Crippen molar-refractivity contribution in [1.82, 2.24) is 14.8 Å². The molecule has 0 atom stereocenters. The van der Waals surface area contributed by atoms with E-state index in [4.69, 9.17) is 0 Å². The molecule has 0 fully saturated rings. The Morgan fingerprint density at radius 2 is 2.32 bits per heavy atom. The number of carbonyl (C=O) groups excluding carboxylic acids is 1. The predicted molar refractivity (Wildman–Crippen MR) is 77.2 cm³/mol. The molecular formula is C13H11BrN4O. The smallest absolute Gasteiger partial charge is 0.272 e. The average molecular weight is 319 g/mol. The highest BCUT2D eigenvalue weighted by Gasteiger charge is 2.12. The molecule has 0 spiro atoms. The number of carbonyl (C=O) groups is 1. The van der Waals surface area contributed by atoms with Gasteiger partial charge in [-0.2, -0.15) is 5.10 Å². The maximum atomic E-state index is 12.2. The lowest BCUT2D eigenvalue weighted by atomic mass is 10.2. The van der Waals surface area contributed by atoms with Crippen molar-refractivity contribution in [3.8, 4) is 0 Å². The zero-order valence-electron chi connectivity index (χ0n) is 10.1. The fourth-order valence-corrected chi connectivity index (χ4v) is 2.54. The van der Waals surface area contributed by atoms with Crippen LogP contribution < -0.4 is 5.32 Å². The number of nitrogens with zero attached hydrogens (tertiary/aromatic N) is 2. The number of amides is 1. The lowest BCUT2D eigenvalue weighted by Gasteiger charge is -2.06. The standard InChI is InChI=1S/C13H11BrN4O/c1-18-7-8(14)5-12(18)13(19)16-10-3-2-4-11-9(10)6-15-17-11/h2-7H,1H3,(H,15,17)(H,16,19). The SMILES string of the molecule is Cn1cc(Br)cc1C(=O)Nc1cccc2[nH]ncc12. The molecular weight excluding hydrogens is 308 g/mol. The molecule has 3 rings (SSSR count). The van der Waals surface area contributed by atoms with Crippen LogP contribution in [0.1, 0.15) is 10.5 Å². The molecule has 0 saturated heterocycles. The van der Waals surface area contributed by atoms with Crippen LogP contribution in [0.25, 0.3) is 10.9 Å². The number of aromatic nitrogens is 3. The van der Waals surface area contributed by atoms with E-state index >= 15 is 0 Å². The first kappa shape index (κ1) is 12.0. The third kappa shape index (κ3) is 2.15. The monoisotopic (exact) mass is 318 g/mol. The Kier molecular flexibility index (Phi) is 2.87. The molecule has 0 saturated carbocycles. The van der Waals surface area contributed by atoms with Crippen molar-refractivity contribution in [2.45, 2.75) is 0 Å². The first-order valence-electron chi connectivity index (χ1n) is 5.70. The van der Waals surface area contributed by atoms with Gasteiger partial charge in [-0.25, -0.2) is 0 Å². The first-order chi connectivity index (χ1) is 9.15. The molecule has 0 aliphatic carbocycles. The van der Waals surface area contributed by atoms with Crippen LogP contribution in [0, 0.1) is 0 Å². The van der Waals surface area contributed by atoms with Crippen molar-refractivity contribution in [3.63, 3.8) is 0 Å². The van der Waals surface area contributed by atoms with Crippen molar-refractivity contribution < 1.29 is 4.79 Å². The second kappa shape index (κ2) is 4.55. The number of halogens is 1. The first-order valence-corrected chi connectivity index (χ1v) is 6.50. The Labute approximate surface area is 117 Å². The van der Waals surface area contributed by atoms with Gasteiger partial charge in [0.2, 0.25) is 0 Å². The molecule has 2 N–H and O–H groups in total. The number of aromatic amines is 1. The summed E-state index contributed by atoms with van der Waals surface area (Å²) in [6, 6.07) is 7.42. The number of anilines is 1. The van der Waals surface area contributed by atoms with Crippen LogP contribution in [-0.2, 0) is 7.05 Å². The fraction of sp³-hybridized carbons (Fsp3) is 0.0769. The number of nitrogens with one attached hydrogen (secondary N) is 2. The van der Waals surface area contributed by atoms with Gasteiger partial charge >= 0.3 is 0 Å². The van der Waals surface area contributed by atoms with Crippen molar-refractivity contribution in [2.75, 3.05) is 5.32 Å². The lowest BCUT2D eigenvalue weighted by Crippen LogP contribution is -2.15. The van der Waals surface area contributed by atoms with Gasteiger partial charge in [0, 0.05) is 23.1 Å². The Morgan fingerprint density at radius 3 is 3.05 bits per heavy atom. The number of aryl methyl sites for hydroxylation is 1. The molecule has 0 unspecified atom stereocenters. The van der Waals surface area contributed by atoms with E-state index in [1.807, 2.05) is 31.4 Å². The second-order valence-electron chi connectivity index (χ2n) is 4.25. The molecule has 1 amide bonds. The molecule has 3 aromatic rings. The third-order valence-corrected chi connectivity index (χ3v) is 3.37.